The highest BCUT2D eigenvalue weighted by atomic mass is 16.5. The molecular weight excluding hydrogens is 438 g/mol. The first-order chi connectivity index (χ1) is 17.0. The number of para-hydroxylation sites is 2. The van der Waals surface area contributed by atoms with E-state index in [9.17, 15) is 0 Å². The fourth-order valence-electron chi connectivity index (χ4n) is 3.84. The van der Waals surface area contributed by atoms with Crippen LogP contribution >= 0.6 is 0 Å². The molecule has 2 heterocycles. The average Bonchev–Trinajstić information content (AvgIpc) is 3.23. The molecule has 2 aromatic heterocycles. The molecule has 4 rings (SSSR count). The van der Waals surface area contributed by atoms with E-state index in [1.54, 1.807) is 7.11 Å². The summed E-state index contributed by atoms with van der Waals surface area (Å²) in [4.78, 5) is 11.6. The lowest BCUT2D eigenvalue weighted by molar-refractivity contribution is 0.107. The molecule has 0 saturated carbocycles. The Labute approximate surface area is 207 Å². The molecule has 7 nitrogen and oxygen atoms in total. The molecule has 4 aromatic rings. The summed E-state index contributed by atoms with van der Waals surface area (Å²) in [5, 5.41) is 3.51. The second-order valence-electron chi connectivity index (χ2n) is 9.00. The van der Waals surface area contributed by atoms with Gasteiger partial charge in [-0.15, -0.1) is 0 Å². The number of ether oxygens (including phenoxy) is 2. The van der Waals surface area contributed by atoms with Gasteiger partial charge in [0.1, 0.15) is 12.4 Å². The molecule has 0 saturated heterocycles. The summed E-state index contributed by atoms with van der Waals surface area (Å²) in [6.07, 6.45) is 3.03. The number of nitrogens with one attached hydrogen (secondary N) is 1. The fraction of sp³-hybridized carbons (Fsp3) is 0.357. The molecule has 184 valence electrons. The molecule has 0 aliphatic carbocycles. The number of aryl methyl sites for hydroxylation is 1. The number of nitrogens with zero attached hydrogens (tertiary/aromatic N) is 4. The van der Waals surface area contributed by atoms with Gasteiger partial charge in [-0.25, -0.2) is 4.98 Å². The van der Waals surface area contributed by atoms with Gasteiger partial charge in [0.15, 0.2) is 0 Å². The number of fused-ring (bicyclic) bond motifs is 1. The third-order valence-corrected chi connectivity index (χ3v) is 6.03. The molecule has 0 bridgehead atoms. The van der Waals surface area contributed by atoms with Crippen molar-refractivity contribution >= 4 is 17.0 Å². The number of hydrogen-bond donors (Lipinski definition) is 1. The van der Waals surface area contributed by atoms with Crippen molar-refractivity contribution in [3.8, 4) is 17.0 Å². The second kappa shape index (κ2) is 11.8. The minimum atomic E-state index is 0.192. The van der Waals surface area contributed by atoms with Crippen molar-refractivity contribution < 1.29 is 9.47 Å². The largest absolute Gasteiger partial charge is 0.492 e. The summed E-state index contributed by atoms with van der Waals surface area (Å²) in [5.41, 5.74) is 5.17. The van der Waals surface area contributed by atoms with Crippen LogP contribution in [0, 0.1) is 0 Å². The normalized spacial score (nSPS) is 12.3. The van der Waals surface area contributed by atoms with Crippen molar-refractivity contribution in [3.05, 3.63) is 72.4 Å². The minimum Gasteiger partial charge on any atom is -0.492 e. The van der Waals surface area contributed by atoms with Crippen LogP contribution in [-0.2, 0) is 17.8 Å². The zero-order valence-corrected chi connectivity index (χ0v) is 21.1. The molecule has 35 heavy (non-hydrogen) atoms. The van der Waals surface area contributed by atoms with Crippen LogP contribution in [0.4, 0.5) is 5.95 Å². The van der Waals surface area contributed by atoms with Gasteiger partial charge in [-0.1, -0.05) is 30.3 Å². The van der Waals surface area contributed by atoms with Crippen LogP contribution in [0.2, 0.25) is 0 Å². The Morgan fingerprint density at radius 3 is 2.69 bits per heavy atom. The van der Waals surface area contributed by atoms with E-state index >= 15 is 0 Å². The summed E-state index contributed by atoms with van der Waals surface area (Å²) in [6, 6.07) is 20.5. The number of pyridine rings is 1. The van der Waals surface area contributed by atoms with Gasteiger partial charge in [0, 0.05) is 38.5 Å². The van der Waals surface area contributed by atoms with Gasteiger partial charge in [-0.05, 0) is 63.3 Å². The summed E-state index contributed by atoms with van der Waals surface area (Å²) in [6.45, 7) is 5.10. The van der Waals surface area contributed by atoms with Gasteiger partial charge in [0.2, 0.25) is 5.95 Å². The zero-order valence-electron chi connectivity index (χ0n) is 21.1. The van der Waals surface area contributed by atoms with E-state index < -0.39 is 0 Å². The number of rotatable bonds is 12. The van der Waals surface area contributed by atoms with Crippen LogP contribution < -0.4 is 10.1 Å². The molecule has 1 atom stereocenters. The number of anilines is 1. The lowest BCUT2D eigenvalue weighted by atomic mass is 10.1. The third kappa shape index (κ3) is 6.59. The topological polar surface area (TPSA) is 64.4 Å². The van der Waals surface area contributed by atoms with E-state index in [2.05, 4.69) is 52.0 Å². The summed E-state index contributed by atoms with van der Waals surface area (Å²) < 4.78 is 13.5. The van der Waals surface area contributed by atoms with Crippen LogP contribution in [0.15, 0.2) is 66.9 Å². The Hall–Kier alpha value is -3.42. The van der Waals surface area contributed by atoms with Crippen LogP contribution in [0.25, 0.3) is 22.3 Å². The van der Waals surface area contributed by atoms with Crippen molar-refractivity contribution in [1.82, 2.24) is 19.4 Å². The van der Waals surface area contributed by atoms with E-state index in [0.29, 0.717) is 13.2 Å². The zero-order chi connectivity index (χ0) is 24.6. The summed E-state index contributed by atoms with van der Waals surface area (Å²) in [7, 11) is 5.83. The number of hydrogen-bond acceptors (Lipinski definition) is 6. The molecule has 0 spiro atoms. The lowest BCUT2D eigenvalue weighted by Gasteiger charge is -2.14. The Balaban J connectivity index is 1.43. The smallest absolute Gasteiger partial charge is 0.204 e. The van der Waals surface area contributed by atoms with E-state index in [4.69, 9.17) is 19.4 Å². The highest BCUT2D eigenvalue weighted by Crippen LogP contribution is 2.24. The molecule has 0 radical (unpaired) electrons. The Bertz CT molecular complexity index is 1220. The maximum absolute atomic E-state index is 5.87. The summed E-state index contributed by atoms with van der Waals surface area (Å²) in [5.74, 6) is 1.72. The number of methoxy groups -OCH3 is 1. The van der Waals surface area contributed by atoms with Crippen LogP contribution in [0.3, 0.4) is 0 Å². The van der Waals surface area contributed by atoms with Gasteiger partial charge >= 0.3 is 0 Å². The predicted octanol–water partition coefficient (Wildman–Crippen LogP) is 5.08. The van der Waals surface area contributed by atoms with Crippen molar-refractivity contribution in [2.75, 3.05) is 39.7 Å². The van der Waals surface area contributed by atoms with E-state index in [1.165, 1.54) is 0 Å². The van der Waals surface area contributed by atoms with Crippen LogP contribution in [-0.4, -0.2) is 59.9 Å². The van der Waals surface area contributed by atoms with E-state index in [0.717, 1.165) is 59.1 Å². The van der Waals surface area contributed by atoms with Gasteiger partial charge in [0.05, 0.1) is 22.8 Å². The van der Waals surface area contributed by atoms with E-state index in [1.807, 2.05) is 50.6 Å². The molecule has 1 N–H and O–H groups in total. The predicted molar refractivity (Wildman–Crippen MR) is 142 cm³/mol. The van der Waals surface area contributed by atoms with Gasteiger partial charge in [-0.3, -0.25) is 4.98 Å². The van der Waals surface area contributed by atoms with Crippen molar-refractivity contribution in [3.63, 3.8) is 0 Å². The molecule has 0 fully saturated rings. The highest BCUT2D eigenvalue weighted by Gasteiger charge is 2.12. The third-order valence-electron chi connectivity index (χ3n) is 6.03. The molecule has 0 aliphatic heterocycles. The van der Waals surface area contributed by atoms with Crippen LogP contribution in [0.1, 0.15) is 18.9 Å². The molecule has 0 amide bonds. The van der Waals surface area contributed by atoms with E-state index in [-0.39, 0.29) is 6.10 Å². The second-order valence-corrected chi connectivity index (χ2v) is 9.00. The molecule has 1 unspecified atom stereocenters. The van der Waals surface area contributed by atoms with Crippen molar-refractivity contribution in [2.24, 2.45) is 0 Å². The van der Waals surface area contributed by atoms with Crippen molar-refractivity contribution in [2.45, 2.75) is 32.5 Å². The number of imidazole rings is 1. The highest BCUT2D eigenvalue weighted by molar-refractivity contribution is 5.78. The molecular formula is C28H35N5O2. The average molecular weight is 474 g/mol. The number of likely N-dealkylation sites (N-methyl/N-ethyl adjacent to an activating group) is 1. The first kappa shape index (κ1) is 24.7. The Kier molecular flexibility index (Phi) is 8.34. The monoisotopic (exact) mass is 473 g/mol. The van der Waals surface area contributed by atoms with Gasteiger partial charge < -0.3 is 24.3 Å². The number of benzene rings is 2. The number of aromatic nitrogens is 3. The summed E-state index contributed by atoms with van der Waals surface area (Å²) >= 11 is 0. The maximum Gasteiger partial charge on any atom is 0.204 e. The Morgan fingerprint density at radius 2 is 1.91 bits per heavy atom. The quantitative estimate of drug-likeness (QED) is 0.310. The first-order valence-corrected chi connectivity index (χ1v) is 12.1. The van der Waals surface area contributed by atoms with Crippen molar-refractivity contribution in [1.29, 1.82) is 0 Å². The standard InChI is InChI=1S/C28H35N5O2/c1-21(34-4)14-15-33-27-11-6-5-10-26(27)31-28(33)30-20-22-12-13-25(29-19-22)23-8-7-9-24(18-23)35-17-16-32(2)3/h5-13,18-19,21H,14-17,20H2,1-4H3,(H,30,31). The molecule has 2 aromatic carbocycles. The Morgan fingerprint density at radius 1 is 1.06 bits per heavy atom. The van der Waals surface area contributed by atoms with Crippen LogP contribution in [0.5, 0.6) is 5.75 Å². The molecule has 7 heteroatoms. The van der Waals surface area contributed by atoms with Gasteiger partial charge in [0.25, 0.3) is 0 Å². The molecule has 0 aliphatic rings. The maximum atomic E-state index is 5.87. The minimum absolute atomic E-state index is 0.192. The SMILES string of the molecule is COC(C)CCn1c(NCc2ccc(-c3cccc(OCCN(C)C)c3)nc2)nc2ccccc21. The lowest BCUT2D eigenvalue weighted by Crippen LogP contribution is -2.19. The van der Waals surface area contributed by atoms with Gasteiger partial charge in [-0.2, -0.15) is 0 Å². The fourth-order valence-corrected chi connectivity index (χ4v) is 3.84. The first-order valence-electron chi connectivity index (χ1n) is 12.1.